The maximum absolute atomic E-state index is 11.8. The fraction of sp³-hybridized carbons (Fsp3) is 0.133. The van der Waals surface area contributed by atoms with E-state index in [0.717, 1.165) is 11.3 Å². The summed E-state index contributed by atoms with van der Waals surface area (Å²) in [4.78, 5) is 11.8. The van der Waals surface area contributed by atoms with Crippen molar-refractivity contribution in [2.45, 2.75) is 5.75 Å². The molecule has 0 aliphatic carbocycles. The van der Waals surface area contributed by atoms with Crippen molar-refractivity contribution in [3.63, 3.8) is 0 Å². The van der Waals surface area contributed by atoms with E-state index in [2.05, 4.69) is 5.32 Å². The molecule has 0 unspecified atom stereocenters. The van der Waals surface area contributed by atoms with Crippen LogP contribution < -0.4 is 5.32 Å². The van der Waals surface area contributed by atoms with Gasteiger partial charge in [-0.2, -0.15) is 0 Å². The Hall–Kier alpha value is -1.16. The van der Waals surface area contributed by atoms with Crippen LogP contribution in [0, 0.1) is 0 Å². The molecule has 104 valence electrons. The number of benzene rings is 2. The largest absolute Gasteiger partial charge is 0.325 e. The summed E-state index contributed by atoms with van der Waals surface area (Å²) in [5.74, 6) is 0.999. The summed E-state index contributed by atoms with van der Waals surface area (Å²) in [7, 11) is 0. The van der Waals surface area contributed by atoms with E-state index >= 15 is 0 Å². The van der Waals surface area contributed by atoms with Gasteiger partial charge in [-0.1, -0.05) is 53.5 Å². The predicted molar refractivity (Wildman–Crippen MR) is 87.7 cm³/mol. The zero-order valence-corrected chi connectivity index (χ0v) is 12.9. The number of halogens is 2. The normalized spacial score (nSPS) is 10.3. The van der Waals surface area contributed by atoms with Crippen LogP contribution in [0.15, 0.2) is 48.5 Å². The van der Waals surface area contributed by atoms with E-state index in [9.17, 15) is 4.79 Å². The fourth-order valence-corrected chi connectivity index (χ4v) is 2.92. The van der Waals surface area contributed by atoms with E-state index in [1.165, 1.54) is 11.8 Å². The predicted octanol–water partition coefficient (Wildman–Crippen LogP) is 4.87. The van der Waals surface area contributed by atoms with Gasteiger partial charge in [-0.05, 0) is 23.8 Å². The number of anilines is 1. The summed E-state index contributed by atoms with van der Waals surface area (Å²) >= 11 is 13.5. The number of hydrogen-bond donors (Lipinski definition) is 1. The number of thioether (sulfide) groups is 1. The Labute approximate surface area is 132 Å². The summed E-state index contributed by atoms with van der Waals surface area (Å²) in [6, 6.07) is 14.9. The molecule has 1 amide bonds. The molecule has 2 rings (SSSR count). The number of para-hydroxylation sites is 1. The molecule has 0 atom stereocenters. The van der Waals surface area contributed by atoms with Crippen LogP contribution in [0.2, 0.25) is 10.0 Å². The number of carbonyl (C=O) groups excluding carboxylic acids is 1. The molecule has 2 aromatic carbocycles. The Morgan fingerprint density at radius 3 is 2.55 bits per heavy atom. The lowest BCUT2D eigenvalue weighted by molar-refractivity contribution is -0.113. The average molecular weight is 326 g/mol. The number of amides is 1. The average Bonchev–Trinajstić information content (AvgIpc) is 2.44. The molecule has 5 heteroatoms. The third-order valence-electron chi connectivity index (χ3n) is 2.58. The third-order valence-corrected chi connectivity index (χ3v) is 4.42. The van der Waals surface area contributed by atoms with Crippen LogP contribution in [0.5, 0.6) is 0 Å². The van der Waals surface area contributed by atoms with E-state index < -0.39 is 0 Å². The summed E-state index contributed by atoms with van der Waals surface area (Å²) in [6.45, 7) is 0. The molecule has 20 heavy (non-hydrogen) atoms. The Morgan fingerprint density at radius 1 is 1.05 bits per heavy atom. The van der Waals surface area contributed by atoms with Gasteiger partial charge in [-0.3, -0.25) is 4.79 Å². The molecule has 2 aromatic rings. The van der Waals surface area contributed by atoms with Crippen LogP contribution in [-0.2, 0) is 10.5 Å². The number of rotatable bonds is 5. The highest BCUT2D eigenvalue weighted by molar-refractivity contribution is 7.99. The smallest absolute Gasteiger partial charge is 0.234 e. The summed E-state index contributed by atoms with van der Waals surface area (Å²) < 4.78 is 0. The van der Waals surface area contributed by atoms with Crippen molar-refractivity contribution in [3.8, 4) is 0 Å². The molecule has 0 radical (unpaired) electrons. The Kier molecular flexibility index (Phi) is 5.77. The van der Waals surface area contributed by atoms with Crippen molar-refractivity contribution in [3.05, 3.63) is 64.1 Å². The lowest BCUT2D eigenvalue weighted by Gasteiger charge is -2.06. The van der Waals surface area contributed by atoms with E-state index in [4.69, 9.17) is 23.2 Å². The second kappa shape index (κ2) is 7.58. The van der Waals surface area contributed by atoms with Crippen LogP contribution >= 0.6 is 35.0 Å². The molecule has 0 heterocycles. The standard InChI is InChI=1S/C15H13Cl2NOS/c16-13-8-4-5-11(15(13)17)9-20-10-14(19)18-12-6-2-1-3-7-12/h1-8H,9-10H2,(H,18,19). The van der Waals surface area contributed by atoms with Crippen LogP contribution in [0.4, 0.5) is 5.69 Å². The van der Waals surface area contributed by atoms with Gasteiger partial charge >= 0.3 is 0 Å². The van der Waals surface area contributed by atoms with Crippen LogP contribution in [-0.4, -0.2) is 11.7 Å². The Balaban J connectivity index is 1.81. The Morgan fingerprint density at radius 2 is 1.80 bits per heavy atom. The van der Waals surface area contributed by atoms with Crippen molar-refractivity contribution in [2.75, 3.05) is 11.1 Å². The van der Waals surface area contributed by atoms with Crippen LogP contribution in [0.3, 0.4) is 0 Å². The molecule has 2 nitrogen and oxygen atoms in total. The van der Waals surface area contributed by atoms with Gasteiger partial charge in [0.05, 0.1) is 15.8 Å². The van der Waals surface area contributed by atoms with E-state index in [0.29, 0.717) is 21.6 Å². The fourth-order valence-electron chi connectivity index (χ4n) is 1.63. The van der Waals surface area contributed by atoms with Crippen molar-refractivity contribution >= 4 is 46.6 Å². The van der Waals surface area contributed by atoms with Gasteiger partial charge in [-0.15, -0.1) is 11.8 Å². The van der Waals surface area contributed by atoms with Crippen molar-refractivity contribution < 1.29 is 4.79 Å². The first kappa shape index (κ1) is 15.2. The van der Waals surface area contributed by atoms with E-state index in [1.54, 1.807) is 6.07 Å². The highest BCUT2D eigenvalue weighted by Gasteiger charge is 2.06. The van der Waals surface area contributed by atoms with Gasteiger partial charge in [-0.25, -0.2) is 0 Å². The van der Waals surface area contributed by atoms with Gasteiger partial charge in [0, 0.05) is 11.4 Å². The maximum Gasteiger partial charge on any atom is 0.234 e. The van der Waals surface area contributed by atoms with Crippen LogP contribution in [0.25, 0.3) is 0 Å². The quantitative estimate of drug-likeness (QED) is 0.850. The molecule has 0 fully saturated rings. The van der Waals surface area contributed by atoms with Crippen molar-refractivity contribution in [2.24, 2.45) is 0 Å². The Bertz CT molecular complexity index is 590. The molecule has 0 aliphatic heterocycles. The highest BCUT2D eigenvalue weighted by Crippen LogP contribution is 2.28. The van der Waals surface area contributed by atoms with Gasteiger partial charge in [0.1, 0.15) is 0 Å². The molecule has 1 N–H and O–H groups in total. The third kappa shape index (κ3) is 4.44. The second-order valence-electron chi connectivity index (χ2n) is 4.12. The molecule has 0 aromatic heterocycles. The van der Waals surface area contributed by atoms with Crippen molar-refractivity contribution in [1.82, 2.24) is 0 Å². The number of carbonyl (C=O) groups is 1. The monoisotopic (exact) mass is 325 g/mol. The number of hydrogen-bond acceptors (Lipinski definition) is 2. The molecule has 0 spiro atoms. The minimum absolute atomic E-state index is 0.0284. The highest BCUT2D eigenvalue weighted by atomic mass is 35.5. The molecule has 0 bridgehead atoms. The minimum atomic E-state index is -0.0284. The molecular weight excluding hydrogens is 313 g/mol. The maximum atomic E-state index is 11.8. The summed E-state index contributed by atoms with van der Waals surface area (Å²) in [5.41, 5.74) is 1.75. The minimum Gasteiger partial charge on any atom is -0.325 e. The lowest BCUT2D eigenvalue weighted by atomic mass is 10.2. The lowest BCUT2D eigenvalue weighted by Crippen LogP contribution is -2.14. The van der Waals surface area contributed by atoms with Gasteiger partial charge in [0.2, 0.25) is 5.91 Å². The van der Waals surface area contributed by atoms with Crippen molar-refractivity contribution in [1.29, 1.82) is 0 Å². The molecule has 0 saturated heterocycles. The van der Waals surface area contributed by atoms with Gasteiger partial charge in [0.15, 0.2) is 0 Å². The SMILES string of the molecule is O=C(CSCc1cccc(Cl)c1Cl)Nc1ccccc1. The topological polar surface area (TPSA) is 29.1 Å². The number of nitrogens with one attached hydrogen (secondary N) is 1. The molecular formula is C15H13Cl2NOS. The summed E-state index contributed by atoms with van der Waals surface area (Å²) in [5, 5.41) is 3.94. The van der Waals surface area contributed by atoms with E-state index in [1.807, 2.05) is 42.5 Å². The molecule has 0 aliphatic rings. The zero-order valence-electron chi connectivity index (χ0n) is 10.6. The zero-order chi connectivity index (χ0) is 14.4. The second-order valence-corrected chi connectivity index (χ2v) is 5.89. The van der Waals surface area contributed by atoms with Gasteiger partial charge < -0.3 is 5.32 Å². The summed E-state index contributed by atoms with van der Waals surface area (Å²) in [6.07, 6.45) is 0. The first-order chi connectivity index (χ1) is 9.66. The van der Waals surface area contributed by atoms with Gasteiger partial charge in [0.25, 0.3) is 0 Å². The first-order valence-corrected chi connectivity index (χ1v) is 7.93. The molecule has 0 saturated carbocycles. The van der Waals surface area contributed by atoms with E-state index in [-0.39, 0.29) is 5.91 Å². The first-order valence-electron chi connectivity index (χ1n) is 6.02. The van der Waals surface area contributed by atoms with Crippen LogP contribution in [0.1, 0.15) is 5.56 Å².